The maximum atomic E-state index is 6.05. The van der Waals surface area contributed by atoms with Crippen molar-refractivity contribution in [3.63, 3.8) is 0 Å². The minimum atomic E-state index is 0.292. The Morgan fingerprint density at radius 3 is 2.87 bits per heavy atom. The van der Waals surface area contributed by atoms with Crippen LogP contribution >= 0.6 is 0 Å². The van der Waals surface area contributed by atoms with Crippen molar-refractivity contribution in [1.82, 2.24) is 14.9 Å². The zero-order chi connectivity index (χ0) is 15.9. The highest BCUT2D eigenvalue weighted by Crippen LogP contribution is 2.16. The predicted octanol–water partition coefficient (Wildman–Crippen LogP) is 3.22. The van der Waals surface area contributed by atoms with Gasteiger partial charge in [-0.15, -0.1) is 0 Å². The molecule has 2 aromatic rings. The van der Waals surface area contributed by atoms with Gasteiger partial charge in [0, 0.05) is 25.5 Å². The lowest BCUT2D eigenvalue weighted by atomic mass is 10.1. The fraction of sp³-hybridized carbons (Fsp3) is 0.474. The van der Waals surface area contributed by atoms with Crippen LogP contribution in [0.25, 0.3) is 0 Å². The lowest BCUT2D eigenvalue weighted by Crippen LogP contribution is -2.39. The quantitative estimate of drug-likeness (QED) is 0.821. The van der Waals surface area contributed by atoms with Crippen LogP contribution in [0.1, 0.15) is 36.7 Å². The SMILES string of the molecule is CCc1ccc(CN2CCCC(OCc3ccccn3)C2)nc1. The molecule has 3 rings (SSSR count). The van der Waals surface area contributed by atoms with Gasteiger partial charge in [0.2, 0.25) is 0 Å². The summed E-state index contributed by atoms with van der Waals surface area (Å²) in [5.74, 6) is 0. The molecule has 0 radical (unpaired) electrons. The normalized spacial score (nSPS) is 18.9. The van der Waals surface area contributed by atoms with Crippen molar-refractivity contribution in [2.45, 2.75) is 45.4 Å². The molecule has 4 heteroatoms. The van der Waals surface area contributed by atoms with Gasteiger partial charge in [0.1, 0.15) is 0 Å². The van der Waals surface area contributed by atoms with Crippen molar-refractivity contribution in [3.05, 3.63) is 59.7 Å². The number of hydrogen-bond acceptors (Lipinski definition) is 4. The molecule has 0 aliphatic carbocycles. The first-order valence-electron chi connectivity index (χ1n) is 8.51. The van der Waals surface area contributed by atoms with E-state index in [1.807, 2.05) is 30.6 Å². The van der Waals surface area contributed by atoms with Gasteiger partial charge in [-0.1, -0.05) is 19.1 Å². The zero-order valence-electron chi connectivity index (χ0n) is 13.8. The Hall–Kier alpha value is -1.78. The standard InChI is InChI=1S/C19H25N3O/c1-2-16-8-9-17(21-12-16)13-22-11-5-7-19(14-22)23-15-18-6-3-4-10-20-18/h3-4,6,8-10,12,19H,2,5,7,11,13-15H2,1H3. The molecule has 0 saturated carbocycles. The summed E-state index contributed by atoms with van der Waals surface area (Å²) in [5.41, 5.74) is 3.44. The van der Waals surface area contributed by atoms with E-state index in [0.717, 1.165) is 43.9 Å². The van der Waals surface area contributed by atoms with Gasteiger partial charge in [-0.2, -0.15) is 0 Å². The van der Waals surface area contributed by atoms with E-state index in [4.69, 9.17) is 4.74 Å². The Labute approximate surface area is 138 Å². The largest absolute Gasteiger partial charge is 0.371 e. The van der Waals surface area contributed by atoms with E-state index in [1.54, 1.807) is 0 Å². The molecule has 4 nitrogen and oxygen atoms in total. The minimum Gasteiger partial charge on any atom is -0.371 e. The number of piperidine rings is 1. The molecule has 1 unspecified atom stereocenters. The molecule has 23 heavy (non-hydrogen) atoms. The highest BCUT2D eigenvalue weighted by atomic mass is 16.5. The summed E-state index contributed by atoms with van der Waals surface area (Å²) >= 11 is 0. The summed E-state index contributed by atoms with van der Waals surface area (Å²) in [5, 5.41) is 0. The van der Waals surface area contributed by atoms with Gasteiger partial charge in [0.05, 0.1) is 24.1 Å². The van der Waals surface area contributed by atoms with Gasteiger partial charge in [0.15, 0.2) is 0 Å². The fourth-order valence-corrected chi connectivity index (χ4v) is 2.97. The van der Waals surface area contributed by atoms with Crippen molar-refractivity contribution in [2.75, 3.05) is 13.1 Å². The second-order valence-corrected chi connectivity index (χ2v) is 6.14. The summed E-state index contributed by atoms with van der Waals surface area (Å²) in [6, 6.07) is 10.3. The van der Waals surface area contributed by atoms with Crippen LogP contribution in [0.3, 0.4) is 0 Å². The third kappa shape index (κ3) is 4.85. The van der Waals surface area contributed by atoms with Crippen molar-refractivity contribution in [1.29, 1.82) is 0 Å². The van der Waals surface area contributed by atoms with E-state index < -0.39 is 0 Å². The lowest BCUT2D eigenvalue weighted by Gasteiger charge is -2.32. The van der Waals surface area contributed by atoms with Gasteiger partial charge in [-0.05, 0) is 49.6 Å². The summed E-state index contributed by atoms with van der Waals surface area (Å²) in [6.07, 6.45) is 7.46. The van der Waals surface area contributed by atoms with Crippen molar-refractivity contribution in [2.24, 2.45) is 0 Å². The molecule has 1 atom stereocenters. The number of aromatic nitrogens is 2. The highest BCUT2D eigenvalue weighted by Gasteiger charge is 2.20. The van der Waals surface area contributed by atoms with Crippen LogP contribution < -0.4 is 0 Å². The summed E-state index contributed by atoms with van der Waals surface area (Å²) < 4.78 is 6.05. The minimum absolute atomic E-state index is 0.292. The van der Waals surface area contributed by atoms with E-state index in [2.05, 4.69) is 33.9 Å². The number of ether oxygens (including phenoxy) is 1. The maximum Gasteiger partial charge on any atom is 0.0892 e. The number of pyridine rings is 2. The third-order valence-electron chi connectivity index (χ3n) is 4.34. The highest BCUT2D eigenvalue weighted by molar-refractivity contribution is 5.14. The molecule has 2 aromatic heterocycles. The first-order valence-corrected chi connectivity index (χ1v) is 8.51. The summed E-state index contributed by atoms with van der Waals surface area (Å²) in [6.45, 7) is 5.77. The van der Waals surface area contributed by atoms with E-state index >= 15 is 0 Å². The number of hydrogen-bond donors (Lipinski definition) is 0. The zero-order valence-corrected chi connectivity index (χ0v) is 13.8. The van der Waals surface area contributed by atoms with Crippen LogP contribution in [0, 0.1) is 0 Å². The Balaban J connectivity index is 1.49. The molecule has 3 heterocycles. The Bertz CT molecular complexity index is 585. The van der Waals surface area contributed by atoms with E-state index in [0.29, 0.717) is 12.7 Å². The Morgan fingerprint density at radius 2 is 2.13 bits per heavy atom. The van der Waals surface area contributed by atoms with Gasteiger partial charge in [-0.3, -0.25) is 14.9 Å². The van der Waals surface area contributed by atoms with Crippen molar-refractivity contribution in [3.8, 4) is 0 Å². The Kier molecular flexibility index (Phi) is 5.72. The Morgan fingerprint density at radius 1 is 1.17 bits per heavy atom. The van der Waals surface area contributed by atoms with Crippen LogP contribution in [-0.4, -0.2) is 34.1 Å². The monoisotopic (exact) mass is 311 g/mol. The van der Waals surface area contributed by atoms with Crippen LogP contribution in [0.4, 0.5) is 0 Å². The number of aryl methyl sites for hydroxylation is 1. The molecule has 1 aliphatic rings. The molecule has 0 amide bonds. The molecule has 0 spiro atoms. The van der Waals surface area contributed by atoms with Crippen LogP contribution in [0.15, 0.2) is 42.7 Å². The lowest BCUT2D eigenvalue weighted by molar-refractivity contribution is -0.0135. The second-order valence-electron chi connectivity index (χ2n) is 6.14. The molecular weight excluding hydrogens is 286 g/mol. The van der Waals surface area contributed by atoms with Crippen LogP contribution in [-0.2, 0) is 24.3 Å². The van der Waals surface area contributed by atoms with Gasteiger partial charge in [0.25, 0.3) is 0 Å². The van der Waals surface area contributed by atoms with Gasteiger partial charge < -0.3 is 4.74 Å². The first-order chi connectivity index (χ1) is 11.3. The molecule has 1 aliphatic heterocycles. The van der Waals surface area contributed by atoms with Gasteiger partial charge in [-0.25, -0.2) is 0 Å². The first kappa shape index (κ1) is 16.1. The van der Waals surface area contributed by atoms with Crippen LogP contribution in [0.2, 0.25) is 0 Å². The molecule has 0 bridgehead atoms. The van der Waals surface area contributed by atoms with E-state index in [-0.39, 0.29) is 0 Å². The maximum absolute atomic E-state index is 6.05. The van der Waals surface area contributed by atoms with Crippen LogP contribution in [0.5, 0.6) is 0 Å². The average Bonchev–Trinajstić information content (AvgIpc) is 2.62. The molecule has 0 N–H and O–H groups in total. The fourth-order valence-electron chi connectivity index (χ4n) is 2.97. The molecule has 122 valence electrons. The topological polar surface area (TPSA) is 38.2 Å². The number of nitrogens with zero attached hydrogens (tertiary/aromatic N) is 3. The van der Waals surface area contributed by atoms with E-state index in [9.17, 15) is 0 Å². The van der Waals surface area contributed by atoms with Crippen molar-refractivity contribution >= 4 is 0 Å². The molecule has 1 saturated heterocycles. The molecule has 1 fully saturated rings. The van der Waals surface area contributed by atoms with E-state index in [1.165, 1.54) is 12.0 Å². The smallest absolute Gasteiger partial charge is 0.0892 e. The summed E-state index contributed by atoms with van der Waals surface area (Å²) in [7, 11) is 0. The predicted molar refractivity (Wildman–Crippen MR) is 90.9 cm³/mol. The second kappa shape index (κ2) is 8.18. The molecule has 0 aromatic carbocycles. The molecular formula is C19H25N3O. The number of rotatable bonds is 6. The van der Waals surface area contributed by atoms with Gasteiger partial charge >= 0.3 is 0 Å². The average molecular weight is 311 g/mol. The third-order valence-corrected chi connectivity index (χ3v) is 4.34. The summed E-state index contributed by atoms with van der Waals surface area (Å²) in [4.78, 5) is 11.3. The number of likely N-dealkylation sites (tertiary alicyclic amines) is 1. The van der Waals surface area contributed by atoms with Crippen molar-refractivity contribution < 1.29 is 4.74 Å².